The Balaban J connectivity index is 1.77. The molecule has 0 saturated carbocycles. The van der Waals surface area contributed by atoms with Gasteiger partial charge in [0.1, 0.15) is 5.82 Å². The molecule has 0 spiro atoms. The summed E-state index contributed by atoms with van der Waals surface area (Å²) in [7, 11) is 2.03. The maximum Gasteiger partial charge on any atom is 0.148 e. The first kappa shape index (κ1) is 13.1. The topological polar surface area (TPSA) is 55.6 Å². The summed E-state index contributed by atoms with van der Waals surface area (Å²) < 4.78 is 2.01. The molecule has 0 atom stereocenters. The molecule has 5 nitrogen and oxygen atoms in total. The van der Waals surface area contributed by atoms with E-state index in [1.54, 1.807) is 12.4 Å². The molecular weight excluding hydrogens is 250 g/mol. The Labute approximate surface area is 119 Å². The lowest BCUT2D eigenvalue weighted by Crippen LogP contribution is -2.10. The van der Waals surface area contributed by atoms with Crippen LogP contribution in [0.2, 0.25) is 0 Å². The Morgan fingerprint density at radius 3 is 2.95 bits per heavy atom. The minimum atomic E-state index is 0.772. The van der Waals surface area contributed by atoms with Gasteiger partial charge in [0, 0.05) is 19.4 Å². The van der Waals surface area contributed by atoms with Crippen molar-refractivity contribution in [3.8, 4) is 0 Å². The molecule has 0 fully saturated rings. The summed E-state index contributed by atoms with van der Waals surface area (Å²) in [5.74, 6) is 0.905. The third-order valence-electron chi connectivity index (χ3n) is 3.88. The SMILES string of the molecule is CCCc1nccnc1NCc1c2c(nn1C)CCC2. The summed E-state index contributed by atoms with van der Waals surface area (Å²) >= 11 is 0. The Kier molecular flexibility index (Phi) is 3.67. The molecule has 3 rings (SSSR count). The van der Waals surface area contributed by atoms with E-state index in [4.69, 9.17) is 0 Å². The van der Waals surface area contributed by atoms with Crippen molar-refractivity contribution < 1.29 is 0 Å². The molecular formula is C15H21N5. The monoisotopic (exact) mass is 271 g/mol. The second-order valence-corrected chi connectivity index (χ2v) is 5.30. The second kappa shape index (κ2) is 5.61. The van der Waals surface area contributed by atoms with Crippen molar-refractivity contribution >= 4 is 5.82 Å². The Bertz CT molecular complexity index is 602. The van der Waals surface area contributed by atoms with Gasteiger partial charge in [0.05, 0.1) is 23.6 Å². The Hall–Kier alpha value is -1.91. The first-order valence-corrected chi connectivity index (χ1v) is 7.37. The maximum absolute atomic E-state index is 4.60. The average molecular weight is 271 g/mol. The predicted molar refractivity (Wildman–Crippen MR) is 78.6 cm³/mol. The van der Waals surface area contributed by atoms with Gasteiger partial charge in [-0.2, -0.15) is 5.10 Å². The summed E-state index contributed by atoms with van der Waals surface area (Å²) in [5, 5.41) is 8.04. The van der Waals surface area contributed by atoms with Crippen LogP contribution in [0.1, 0.15) is 42.4 Å². The van der Waals surface area contributed by atoms with E-state index in [2.05, 4.69) is 27.3 Å². The zero-order chi connectivity index (χ0) is 13.9. The molecule has 1 aliphatic rings. The van der Waals surface area contributed by atoms with Gasteiger partial charge in [-0.3, -0.25) is 9.67 Å². The van der Waals surface area contributed by atoms with E-state index in [1.165, 1.54) is 23.4 Å². The number of fused-ring (bicyclic) bond motifs is 1. The highest BCUT2D eigenvalue weighted by Gasteiger charge is 2.20. The van der Waals surface area contributed by atoms with Gasteiger partial charge in [0.25, 0.3) is 0 Å². The average Bonchev–Trinajstić information content (AvgIpc) is 2.99. The van der Waals surface area contributed by atoms with Gasteiger partial charge in [-0.25, -0.2) is 4.98 Å². The highest BCUT2D eigenvalue weighted by molar-refractivity contribution is 5.41. The van der Waals surface area contributed by atoms with Gasteiger partial charge in [0.2, 0.25) is 0 Å². The third kappa shape index (κ3) is 2.40. The van der Waals surface area contributed by atoms with E-state index in [1.807, 2.05) is 11.7 Å². The lowest BCUT2D eigenvalue weighted by molar-refractivity contribution is 0.687. The normalized spacial score (nSPS) is 13.5. The zero-order valence-corrected chi connectivity index (χ0v) is 12.2. The standard InChI is InChI=1S/C15H21N5/c1-3-5-13-15(17-9-8-16-13)18-10-14-11-6-4-7-12(11)19-20(14)2/h8-9H,3-7,10H2,1-2H3,(H,17,18). The smallest absolute Gasteiger partial charge is 0.148 e. The highest BCUT2D eigenvalue weighted by atomic mass is 15.3. The third-order valence-corrected chi connectivity index (χ3v) is 3.88. The van der Waals surface area contributed by atoms with Crippen molar-refractivity contribution in [2.75, 3.05) is 5.32 Å². The summed E-state index contributed by atoms with van der Waals surface area (Å²) in [6, 6.07) is 0. The van der Waals surface area contributed by atoms with Crippen molar-refractivity contribution in [3.05, 3.63) is 35.0 Å². The van der Waals surface area contributed by atoms with Crippen molar-refractivity contribution in [1.29, 1.82) is 0 Å². The number of nitrogens with one attached hydrogen (secondary N) is 1. The first-order valence-electron chi connectivity index (χ1n) is 7.37. The number of aromatic nitrogens is 4. The summed E-state index contributed by atoms with van der Waals surface area (Å²) in [4.78, 5) is 8.83. The Morgan fingerprint density at radius 2 is 2.10 bits per heavy atom. The quantitative estimate of drug-likeness (QED) is 0.906. The van der Waals surface area contributed by atoms with E-state index >= 15 is 0 Å². The minimum absolute atomic E-state index is 0.772. The first-order chi connectivity index (χ1) is 9.79. The van der Waals surface area contributed by atoms with Crippen LogP contribution in [0.3, 0.4) is 0 Å². The van der Waals surface area contributed by atoms with E-state index in [0.29, 0.717) is 0 Å². The number of hydrogen-bond acceptors (Lipinski definition) is 4. The van der Waals surface area contributed by atoms with Crippen LogP contribution in [-0.4, -0.2) is 19.7 Å². The molecule has 1 N–H and O–H groups in total. The summed E-state index contributed by atoms with van der Waals surface area (Å²) in [6.07, 6.45) is 9.05. The lowest BCUT2D eigenvalue weighted by atomic mass is 10.2. The van der Waals surface area contributed by atoms with Crippen LogP contribution in [0.15, 0.2) is 12.4 Å². The maximum atomic E-state index is 4.60. The zero-order valence-electron chi connectivity index (χ0n) is 12.2. The Morgan fingerprint density at radius 1 is 1.25 bits per heavy atom. The molecule has 0 radical (unpaired) electrons. The van der Waals surface area contributed by atoms with E-state index in [0.717, 1.165) is 43.7 Å². The number of nitrogens with zero attached hydrogens (tertiary/aromatic N) is 4. The molecule has 2 heterocycles. The molecule has 1 aliphatic carbocycles. The number of rotatable bonds is 5. The van der Waals surface area contributed by atoms with Crippen molar-refractivity contribution in [3.63, 3.8) is 0 Å². The van der Waals surface area contributed by atoms with Crippen LogP contribution in [-0.2, 0) is 32.9 Å². The number of anilines is 1. The van der Waals surface area contributed by atoms with Crippen molar-refractivity contribution in [1.82, 2.24) is 19.7 Å². The molecule has 106 valence electrons. The lowest BCUT2D eigenvalue weighted by Gasteiger charge is -2.10. The molecule has 0 saturated heterocycles. The molecule has 0 bridgehead atoms. The van der Waals surface area contributed by atoms with Gasteiger partial charge in [0.15, 0.2) is 0 Å². The van der Waals surface area contributed by atoms with Gasteiger partial charge < -0.3 is 5.32 Å². The molecule has 0 amide bonds. The highest BCUT2D eigenvalue weighted by Crippen LogP contribution is 2.25. The molecule has 0 aliphatic heterocycles. The fourth-order valence-corrected chi connectivity index (χ4v) is 2.91. The number of aryl methyl sites for hydroxylation is 3. The molecule has 20 heavy (non-hydrogen) atoms. The van der Waals surface area contributed by atoms with Crippen LogP contribution in [0.25, 0.3) is 0 Å². The van der Waals surface area contributed by atoms with Crippen LogP contribution in [0, 0.1) is 0 Å². The van der Waals surface area contributed by atoms with Crippen LogP contribution in [0.5, 0.6) is 0 Å². The summed E-state index contributed by atoms with van der Waals surface area (Å²) in [6.45, 7) is 2.93. The summed E-state index contributed by atoms with van der Waals surface area (Å²) in [5.41, 5.74) is 5.04. The van der Waals surface area contributed by atoms with E-state index < -0.39 is 0 Å². The van der Waals surface area contributed by atoms with Gasteiger partial charge in [-0.1, -0.05) is 13.3 Å². The minimum Gasteiger partial charge on any atom is -0.363 e. The van der Waals surface area contributed by atoms with Crippen LogP contribution in [0.4, 0.5) is 5.82 Å². The molecule has 2 aromatic rings. The number of hydrogen-bond donors (Lipinski definition) is 1. The molecule has 0 unspecified atom stereocenters. The van der Waals surface area contributed by atoms with Crippen LogP contribution >= 0.6 is 0 Å². The second-order valence-electron chi connectivity index (χ2n) is 5.30. The molecule has 2 aromatic heterocycles. The van der Waals surface area contributed by atoms with E-state index in [-0.39, 0.29) is 0 Å². The van der Waals surface area contributed by atoms with Gasteiger partial charge in [-0.15, -0.1) is 0 Å². The largest absolute Gasteiger partial charge is 0.363 e. The molecule has 0 aromatic carbocycles. The van der Waals surface area contributed by atoms with Crippen LogP contribution < -0.4 is 5.32 Å². The predicted octanol–water partition coefficient (Wildman–Crippen LogP) is 2.26. The van der Waals surface area contributed by atoms with E-state index in [9.17, 15) is 0 Å². The van der Waals surface area contributed by atoms with Crippen molar-refractivity contribution in [2.24, 2.45) is 7.05 Å². The fourth-order valence-electron chi connectivity index (χ4n) is 2.91. The van der Waals surface area contributed by atoms with Crippen molar-refractivity contribution in [2.45, 2.75) is 45.6 Å². The van der Waals surface area contributed by atoms with Gasteiger partial charge >= 0.3 is 0 Å². The molecule has 5 heteroatoms. The van der Waals surface area contributed by atoms with Gasteiger partial charge in [-0.05, 0) is 31.2 Å². The fraction of sp³-hybridized carbons (Fsp3) is 0.533.